The van der Waals surface area contributed by atoms with Crippen molar-refractivity contribution in [1.82, 2.24) is 0 Å². The highest BCUT2D eigenvalue weighted by atomic mass is 35.5. The maximum absolute atomic E-state index is 12.8. The molecule has 1 rings (SSSR count). The first kappa shape index (κ1) is 9.27. The topological polar surface area (TPSA) is 0 Å². The summed E-state index contributed by atoms with van der Waals surface area (Å²) >= 11 is 5.46. The van der Waals surface area contributed by atoms with Crippen LogP contribution in [0.5, 0.6) is 0 Å². The van der Waals surface area contributed by atoms with Gasteiger partial charge < -0.3 is 0 Å². The van der Waals surface area contributed by atoms with Crippen LogP contribution < -0.4 is 0 Å². The van der Waals surface area contributed by atoms with E-state index in [-0.39, 0.29) is 5.82 Å². The Morgan fingerprint density at radius 2 is 2.25 bits per heavy atom. The molecule has 0 saturated carbocycles. The summed E-state index contributed by atoms with van der Waals surface area (Å²) < 4.78 is 12.8. The fourth-order valence-corrected chi connectivity index (χ4v) is 1.04. The molecule has 1 aromatic carbocycles. The molecule has 0 aliphatic carbocycles. The lowest BCUT2D eigenvalue weighted by molar-refractivity contribution is 0.618. The van der Waals surface area contributed by atoms with Crippen molar-refractivity contribution in [2.24, 2.45) is 0 Å². The van der Waals surface area contributed by atoms with Gasteiger partial charge in [-0.05, 0) is 30.2 Å². The molecule has 0 radical (unpaired) electrons. The van der Waals surface area contributed by atoms with Crippen molar-refractivity contribution in [3.8, 4) is 0 Å². The second-order valence-corrected chi connectivity index (χ2v) is 2.87. The molecule has 1 aromatic rings. The Kier molecular flexibility index (Phi) is 3.30. The number of alkyl halides is 1. The maximum atomic E-state index is 12.8. The molecule has 0 aromatic heterocycles. The Labute approximate surface area is 76.7 Å². The third-order valence-corrected chi connectivity index (χ3v) is 1.76. The summed E-state index contributed by atoms with van der Waals surface area (Å²) in [4.78, 5) is 0. The van der Waals surface area contributed by atoms with E-state index in [0.29, 0.717) is 11.4 Å². The molecule has 2 heteroatoms. The highest BCUT2D eigenvalue weighted by Gasteiger charge is 1.95. The molecular weight excluding hydrogens is 175 g/mol. The third kappa shape index (κ3) is 2.35. The van der Waals surface area contributed by atoms with E-state index in [1.165, 1.54) is 6.07 Å². The van der Waals surface area contributed by atoms with Gasteiger partial charge in [-0.3, -0.25) is 0 Å². The fourth-order valence-electron chi connectivity index (χ4n) is 0.952. The van der Waals surface area contributed by atoms with E-state index >= 15 is 0 Å². The van der Waals surface area contributed by atoms with Gasteiger partial charge in [-0.25, -0.2) is 4.39 Å². The van der Waals surface area contributed by atoms with Gasteiger partial charge in [0.15, 0.2) is 0 Å². The number of allylic oxidation sites excluding steroid dienone is 1. The smallest absolute Gasteiger partial charge is 0.126 e. The second kappa shape index (κ2) is 4.27. The van der Waals surface area contributed by atoms with Gasteiger partial charge >= 0.3 is 0 Å². The van der Waals surface area contributed by atoms with E-state index in [9.17, 15) is 4.39 Å². The number of benzene rings is 1. The van der Waals surface area contributed by atoms with Crippen molar-refractivity contribution < 1.29 is 4.39 Å². The van der Waals surface area contributed by atoms with E-state index in [2.05, 4.69) is 0 Å². The molecular formula is C10H10ClF. The van der Waals surface area contributed by atoms with Crippen LogP contribution in [0.25, 0.3) is 6.08 Å². The molecule has 0 nitrogen and oxygen atoms in total. The zero-order valence-corrected chi connectivity index (χ0v) is 7.61. The molecule has 0 aliphatic heterocycles. The van der Waals surface area contributed by atoms with Crippen molar-refractivity contribution in [3.05, 3.63) is 41.2 Å². The number of rotatable bonds is 2. The van der Waals surface area contributed by atoms with Crippen molar-refractivity contribution in [1.29, 1.82) is 0 Å². The van der Waals surface area contributed by atoms with Gasteiger partial charge in [0.05, 0.1) is 0 Å². The van der Waals surface area contributed by atoms with E-state index in [1.54, 1.807) is 19.1 Å². The standard InChI is InChI=1S/C10H10ClF/c1-8-7-9(3-2-6-11)4-5-10(8)12/h2-5,7H,6H2,1H3. The van der Waals surface area contributed by atoms with Crippen LogP contribution in [-0.2, 0) is 0 Å². The Morgan fingerprint density at radius 3 is 2.83 bits per heavy atom. The van der Waals surface area contributed by atoms with Gasteiger partial charge in [0.25, 0.3) is 0 Å². The highest BCUT2D eigenvalue weighted by Crippen LogP contribution is 2.10. The van der Waals surface area contributed by atoms with E-state index in [0.717, 1.165) is 5.56 Å². The Morgan fingerprint density at radius 1 is 1.50 bits per heavy atom. The van der Waals surface area contributed by atoms with Gasteiger partial charge in [-0.2, -0.15) is 0 Å². The summed E-state index contributed by atoms with van der Waals surface area (Å²) in [6, 6.07) is 4.98. The quantitative estimate of drug-likeness (QED) is 0.619. The molecule has 0 bridgehead atoms. The third-order valence-electron chi connectivity index (χ3n) is 1.58. The summed E-state index contributed by atoms with van der Waals surface area (Å²) in [5.41, 5.74) is 1.64. The Balaban J connectivity index is 2.89. The molecule has 64 valence electrons. The lowest BCUT2D eigenvalue weighted by Crippen LogP contribution is -1.82. The highest BCUT2D eigenvalue weighted by molar-refractivity contribution is 6.19. The Bertz CT molecular complexity index is 292. The molecule has 0 heterocycles. The lowest BCUT2D eigenvalue weighted by Gasteiger charge is -1.97. The predicted octanol–water partition coefficient (Wildman–Crippen LogP) is 3.39. The molecule has 0 fully saturated rings. The van der Waals surface area contributed by atoms with Gasteiger partial charge in [0, 0.05) is 5.88 Å². The number of hydrogen-bond donors (Lipinski definition) is 0. The molecule has 0 saturated heterocycles. The summed E-state index contributed by atoms with van der Waals surface area (Å²) in [5.74, 6) is 0.314. The number of hydrogen-bond acceptors (Lipinski definition) is 0. The number of aryl methyl sites for hydroxylation is 1. The predicted molar refractivity (Wildman–Crippen MR) is 50.9 cm³/mol. The van der Waals surface area contributed by atoms with Gasteiger partial charge in [-0.15, -0.1) is 11.6 Å². The maximum Gasteiger partial charge on any atom is 0.126 e. The summed E-state index contributed by atoms with van der Waals surface area (Å²) in [5, 5.41) is 0. The van der Waals surface area contributed by atoms with Crippen LogP contribution >= 0.6 is 11.6 Å². The minimum absolute atomic E-state index is 0.168. The second-order valence-electron chi connectivity index (χ2n) is 2.57. The zero-order chi connectivity index (χ0) is 8.97. The first-order valence-electron chi connectivity index (χ1n) is 3.72. The molecule has 0 spiro atoms. The van der Waals surface area contributed by atoms with Crippen LogP contribution in [0.3, 0.4) is 0 Å². The monoisotopic (exact) mass is 184 g/mol. The first-order chi connectivity index (χ1) is 5.74. The van der Waals surface area contributed by atoms with E-state index in [4.69, 9.17) is 11.6 Å². The zero-order valence-electron chi connectivity index (χ0n) is 6.85. The van der Waals surface area contributed by atoms with Crippen LogP contribution in [0.2, 0.25) is 0 Å². The molecule has 0 unspecified atom stereocenters. The van der Waals surface area contributed by atoms with Crippen LogP contribution in [0, 0.1) is 12.7 Å². The molecule has 12 heavy (non-hydrogen) atoms. The van der Waals surface area contributed by atoms with Crippen molar-refractivity contribution >= 4 is 17.7 Å². The lowest BCUT2D eigenvalue weighted by atomic mass is 10.1. The molecule has 0 atom stereocenters. The minimum Gasteiger partial charge on any atom is -0.207 e. The van der Waals surface area contributed by atoms with Crippen LogP contribution in [-0.4, -0.2) is 5.88 Å². The van der Waals surface area contributed by atoms with Crippen molar-refractivity contribution in [3.63, 3.8) is 0 Å². The number of halogens is 2. The van der Waals surface area contributed by atoms with Crippen LogP contribution in [0.4, 0.5) is 4.39 Å². The molecule has 0 N–H and O–H groups in total. The largest absolute Gasteiger partial charge is 0.207 e. The SMILES string of the molecule is Cc1cc(C=CCCl)ccc1F. The average molecular weight is 185 g/mol. The minimum atomic E-state index is -0.168. The summed E-state index contributed by atoms with van der Waals surface area (Å²) in [7, 11) is 0. The normalized spacial score (nSPS) is 10.9. The molecule has 0 aliphatic rings. The molecule has 0 amide bonds. The van der Waals surface area contributed by atoms with Crippen molar-refractivity contribution in [2.45, 2.75) is 6.92 Å². The first-order valence-corrected chi connectivity index (χ1v) is 4.26. The Hall–Kier alpha value is -0.820. The fraction of sp³-hybridized carbons (Fsp3) is 0.200. The average Bonchev–Trinajstić information content (AvgIpc) is 2.07. The van der Waals surface area contributed by atoms with E-state index < -0.39 is 0 Å². The van der Waals surface area contributed by atoms with Gasteiger partial charge in [-0.1, -0.05) is 18.2 Å². The van der Waals surface area contributed by atoms with Crippen LogP contribution in [0.1, 0.15) is 11.1 Å². The van der Waals surface area contributed by atoms with Gasteiger partial charge in [0.1, 0.15) is 5.82 Å². The summed E-state index contributed by atoms with van der Waals surface area (Å²) in [6.07, 6.45) is 3.70. The van der Waals surface area contributed by atoms with Crippen LogP contribution in [0.15, 0.2) is 24.3 Å². The summed E-state index contributed by atoms with van der Waals surface area (Å²) in [6.45, 7) is 1.74. The van der Waals surface area contributed by atoms with Gasteiger partial charge in [0.2, 0.25) is 0 Å². The van der Waals surface area contributed by atoms with Crippen molar-refractivity contribution in [2.75, 3.05) is 5.88 Å². The van der Waals surface area contributed by atoms with E-state index in [1.807, 2.05) is 12.2 Å².